The van der Waals surface area contributed by atoms with Crippen LogP contribution in [0.15, 0.2) is 65.5 Å². The van der Waals surface area contributed by atoms with Crippen molar-refractivity contribution in [3.05, 3.63) is 82.1 Å². The first-order valence-electron chi connectivity index (χ1n) is 9.48. The lowest BCUT2D eigenvalue weighted by molar-refractivity contribution is -0.119. The molecule has 148 valence electrons. The minimum Gasteiger partial charge on any atom is -0.324 e. The Hall–Kier alpha value is -3.54. The van der Waals surface area contributed by atoms with Crippen molar-refractivity contribution in [2.45, 2.75) is 33.2 Å². The molecule has 0 aliphatic rings. The second-order valence-electron chi connectivity index (χ2n) is 6.91. The van der Waals surface area contributed by atoms with Crippen molar-refractivity contribution in [1.82, 2.24) is 9.78 Å². The van der Waals surface area contributed by atoms with Crippen LogP contribution in [0.5, 0.6) is 0 Å². The number of ketones is 1. The molecule has 3 aromatic rings. The molecule has 0 saturated heterocycles. The average Bonchev–Trinajstić information content (AvgIpc) is 2.71. The lowest BCUT2D eigenvalue weighted by Crippen LogP contribution is -2.34. The lowest BCUT2D eigenvalue weighted by atomic mass is 10.1. The summed E-state index contributed by atoms with van der Waals surface area (Å²) in [7, 11) is 0. The van der Waals surface area contributed by atoms with Crippen LogP contribution in [0.2, 0.25) is 0 Å². The highest BCUT2D eigenvalue weighted by Gasteiger charge is 2.21. The van der Waals surface area contributed by atoms with Crippen molar-refractivity contribution in [1.29, 1.82) is 0 Å². The zero-order valence-corrected chi connectivity index (χ0v) is 16.7. The number of nitrogens with zero attached hydrogens (tertiary/aromatic N) is 2. The van der Waals surface area contributed by atoms with Gasteiger partial charge in [-0.3, -0.25) is 14.4 Å². The van der Waals surface area contributed by atoms with Crippen LogP contribution in [0.4, 0.5) is 5.69 Å². The van der Waals surface area contributed by atoms with Crippen LogP contribution in [-0.4, -0.2) is 21.5 Å². The van der Waals surface area contributed by atoms with Crippen LogP contribution in [0.25, 0.3) is 11.3 Å². The smallest absolute Gasteiger partial charge is 0.267 e. The van der Waals surface area contributed by atoms with Gasteiger partial charge in [-0.05, 0) is 50.6 Å². The fourth-order valence-corrected chi connectivity index (χ4v) is 3.01. The van der Waals surface area contributed by atoms with Gasteiger partial charge in [-0.1, -0.05) is 36.8 Å². The van der Waals surface area contributed by atoms with Crippen molar-refractivity contribution in [3.63, 3.8) is 0 Å². The molecule has 0 radical (unpaired) electrons. The number of aromatic nitrogens is 2. The number of Topliss-reactive ketones (excluding diaryl/α,β-unsaturated/α-hetero) is 1. The van der Waals surface area contributed by atoms with E-state index < -0.39 is 6.04 Å². The Bertz CT molecular complexity index is 1080. The zero-order valence-electron chi connectivity index (χ0n) is 16.7. The van der Waals surface area contributed by atoms with E-state index in [4.69, 9.17) is 0 Å². The summed E-state index contributed by atoms with van der Waals surface area (Å²) in [5.74, 6) is -0.378. The van der Waals surface area contributed by atoms with E-state index in [1.807, 2.05) is 38.1 Å². The third-order valence-corrected chi connectivity index (χ3v) is 4.72. The van der Waals surface area contributed by atoms with Gasteiger partial charge in [0.2, 0.25) is 5.91 Å². The monoisotopic (exact) mass is 389 g/mol. The second-order valence-corrected chi connectivity index (χ2v) is 6.91. The summed E-state index contributed by atoms with van der Waals surface area (Å²) in [5.41, 5.74) is 3.42. The highest BCUT2D eigenvalue weighted by Crippen LogP contribution is 2.19. The van der Waals surface area contributed by atoms with Gasteiger partial charge in [-0.25, -0.2) is 4.68 Å². The third kappa shape index (κ3) is 4.66. The fraction of sp³-hybridized carbons (Fsp3) is 0.217. The van der Waals surface area contributed by atoms with Gasteiger partial charge in [-0.15, -0.1) is 0 Å². The molecule has 1 amide bonds. The summed E-state index contributed by atoms with van der Waals surface area (Å²) < 4.78 is 1.23. The number of amides is 1. The molecule has 1 aromatic heterocycles. The molecular formula is C23H23N3O3. The summed E-state index contributed by atoms with van der Waals surface area (Å²) >= 11 is 0. The van der Waals surface area contributed by atoms with Crippen LogP contribution in [-0.2, 0) is 4.79 Å². The molecular weight excluding hydrogens is 366 g/mol. The van der Waals surface area contributed by atoms with Crippen LogP contribution >= 0.6 is 0 Å². The minimum atomic E-state index is -0.750. The SMILES string of the molecule is CC[C@H](C(=O)Nc1ccc(C(C)=O)cc1)n1nc(-c2ccc(C)cc2)ccc1=O. The van der Waals surface area contributed by atoms with E-state index in [2.05, 4.69) is 10.4 Å². The Morgan fingerprint density at radius 2 is 1.66 bits per heavy atom. The summed E-state index contributed by atoms with van der Waals surface area (Å²) in [6.07, 6.45) is 0.404. The molecule has 2 aromatic carbocycles. The van der Waals surface area contributed by atoms with E-state index in [0.29, 0.717) is 23.4 Å². The predicted octanol–water partition coefficient (Wildman–Crippen LogP) is 4.01. The number of hydrogen-bond acceptors (Lipinski definition) is 4. The number of aryl methyl sites for hydroxylation is 1. The van der Waals surface area contributed by atoms with Gasteiger partial charge in [0.1, 0.15) is 6.04 Å². The van der Waals surface area contributed by atoms with Gasteiger partial charge >= 0.3 is 0 Å². The third-order valence-electron chi connectivity index (χ3n) is 4.72. The van der Waals surface area contributed by atoms with E-state index >= 15 is 0 Å². The molecule has 29 heavy (non-hydrogen) atoms. The maximum atomic E-state index is 12.8. The summed E-state index contributed by atoms with van der Waals surface area (Å²) in [4.78, 5) is 36.6. The molecule has 0 unspecified atom stereocenters. The summed E-state index contributed by atoms with van der Waals surface area (Å²) in [6.45, 7) is 5.31. The molecule has 0 bridgehead atoms. The minimum absolute atomic E-state index is 0.0435. The largest absolute Gasteiger partial charge is 0.324 e. The number of anilines is 1. The molecule has 1 heterocycles. The molecule has 6 heteroatoms. The number of rotatable bonds is 6. The number of benzene rings is 2. The first-order chi connectivity index (χ1) is 13.9. The normalized spacial score (nSPS) is 11.7. The molecule has 1 atom stereocenters. The van der Waals surface area contributed by atoms with E-state index in [-0.39, 0.29) is 17.2 Å². The molecule has 3 rings (SSSR count). The summed E-state index contributed by atoms with van der Waals surface area (Å²) in [5, 5.41) is 7.24. The molecule has 0 spiro atoms. The standard InChI is InChI=1S/C23H23N3O3/c1-4-21(23(29)24-19-11-9-17(10-12-19)16(3)27)26-22(28)14-13-20(25-26)18-7-5-15(2)6-8-18/h5-14,21H,4H2,1-3H3,(H,24,29)/t21-/m1/s1. The average molecular weight is 389 g/mol. The second kappa shape index (κ2) is 8.65. The van der Waals surface area contributed by atoms with Gasteiger partial charge < -0.3 is 5.32 Å². The maximum Gasteiger partial charge on any atom is 0.267 e. The topological polar surface area (TPSA) is 81.1 Å². The first-order valence-corrected chi connectivity index (χ1v) is 9.48. The van der Waals surface area contributed by atoms with Crippen molar-refractivity contribution < 1.29 is 9.59 Å². The maximum absolute atomic E-state index is 12.8. The number of carbonyl (C=O) groups is 2. The van der Waals surface area contributed by atoms with E-state index in [0.717, 1.165) is 11.1 Å². The van der Waals surface area contributed by atoms with E-state index in [1.54, 1.807) is 30.3 Å². The molecule has 0 aliphatic heterocycles. The van der Waals surface area contributed by atoms with E-state index in [9.17, 15) is 14.4 Å². The van der Waals surface area contributed by atoms with Gasteiger partial charge in [0.05, 0.1) is 5.69 Å². The highest BCUT2D eigenvalue weighted by atomic mass is 16.2. The van der Waals surface area contributed by atoms with Crippen LogP contribution < -0.4 is 10.9 Å². The predicted molar refractivity (Wildman–Crippen MR) is 113 cm³/mol. The van der Waals surface area contributed by atoms with Crippen LogP contribution in [0.3, 0.4) is 0 Å². The Labute approximate surface area is 169 Å². The molecule has 0 fully saturated rings. The Morgan fingerprint density at radius 1 is 1.00 bits per heavy atom. The molecule has 6 nitrogen and oxygen atoms in total. The summed E-state index contributed by atoms with van der Waals surface area (Å²) in [6, 6.07) is 16.8. The molecule has 1 N–H and O–H groups in total. The zero-order chi connectivity index (χ0) is 21.0. The highest BCUT2D eigenvalue weighted by molar-refractivity contribution is 5.96. The lowest BCUT2D eigenvalue weighted by Gasteiger charge is -2.17. The Balaban J connectivity index is 1.87. The van der Waals surface area contributed by atoms with Crippen LogP contribution in [0, 0.1) is 6.92 Å². The molecule has 0 aliphatic carbocycles. The number of carbonyl (C=O) groups excluding carboxylic acids is 2. The quantitative estimate of drug-likeness (QED) is 0.646. The Kier molecular flexibility index (Phi) is 6.02. The molecule has 0 saturated carbocycles. The number of nitrogens with one attached hydrogen (secondary N) is 1. The van der Waals surface area contributed by atoms with Gasteiger partial charge in [0.25, 0.3) is 5.56 Å². The van der Waals surface area contributed by atoms with Crippen molar-refractivity contribution >= 4 is 17.4 Å². The number of hydrogen-bond donors (Lipinski definition) is 1. The Morgan fingerprint density at radius 3 is 2.24 bits per heavy atom. The fourth-order valence-electron chi connectivity index (χ4n) is 3.01. The van der Waals surface area contributed by atoms with Crippen molar-refractivity contribution in [3.8, 4) is 11.3 Å². The van der Waals surface area contributed by atoms with Gasteiger partial charge in [0, 0.05) is 22.9 Å². The van der Waals surface area contributed by atoms with Crippen LogP contribution in [0.1, 0.15) is 42.2 Å². The van der Waals surface area contributed by atoms with E-state index in [1.165, 1.54) is 17.7 Å². The van der Waals surface area contributed by atoms with Gasteiger partial charge in [0.15, 0.2) is 5.78 Å². The van der Waals surface area contributed by atoms with Crippen molar-refractivity contribution in [2.24, 2.45) is 0 Å². The first kappa shape index (κ1) is 20.2. The van der Waals surface area contributed by atoms with Crippen molar-refractivity contribution in [2.75, 3.05) is 5.32 Å². The van der Waals surface area contributed by atoms with Gasteiger partial charge in [-0.2, -0.15) is 5.10 Å².